The minimum absolute atomic E-state index is 0.0706. The summed E-state index contributed by atoms with van der Waals surface area (Å²) in [6, 6.07) is 12.4. The molecular formula is C17H10N2O6S2. The first-order valence-electron chi connectivity index (χ1n) is 7.64. The van der Waals surface area contributed by atoms with E-state index in [1.807, 2.05) is 0 Å². The number of amides is 2. The first kappa shape index (κ1) is 17.4. The van der Waals surface area contributed by atoms with Gasteiger partial charge in [-0.25, -0.2) is 4.79 Å². The maximum atomic E-state index is 12.2. The van der Waals surface area contributed by atoms with Gasteiger partial charge in [0.25, 0.3) is 21.8 Å². The lowest BCUT2D eigenvalue weighted by Gasteiger charge is -2.12. The SMILES string of the molecule is O=C(CSC1=NS(=O)(=O)c2ccccc21)ON1C(=O)c2ccccc2C1=O. The van der Waals surface area contributed by atoms with E-state index in [2.05, 4.69) is 4.40 Å². The molecule has 8 nitrogen and oxygen atoms in total. The predicted molar refractivity (Wildman–Crippen MR) is 95.7 cm³/mol. The quantitative estimate of drug-likeness (QED) is 0.718. The first-order valence-corrected chi connectivity index (χ1v) is 10.1. The molecule has 2 aliphatic rings. The van der Waals surface area contributed by atoms with Crippen LogP contribution in [0.25, 0.3) is 0 Å². The van der Waals surface area contributed by atoms with Crippen molar-refractivity contribution in [2.75, 3.05) is 5.75 Å². The number of imide groups is 1. The van der Waals surface area contributed by atoms with Crippen molar-refractivity contribution in [1.82, 2.24) is 5.06 Å². The van der Waals surface area contributed by atoms with Gasteiger partial charge in [0.05, 0.1) is 16.0 Å². The topological polar surface area (TPSA) is 110 Å². The summed E-state index contributed by atoms with van der Waals surface area (Å²) >= 11 is 0.854. The van der Waals surface area contributed by atoms with E-state index in [1.54, 1.807) is 30.3 Å². The van der Waals surface area contributed by atoms with Crippen LogP contribution in [0.2, 0.25) is 0 Å². The third-order valence-corrected chi connectivity index (χ3v) is 6.29. The van der Waals surface area contributed by atoms with Crippen molar-refractivity contribution in [3.63, 3.8) is 0 Å². The Morgan fingerprint density at radius 3 is 2.15 bits per heavy atom. The van der Waals surface area contributed by atoms with Crippen LogP contribution >= 0.6 is 11.8 Å². The van der Waals surface area contributed by atoms with Crippen molar-refractivity contribution in [1.29, 1.82) is 0 Å². The summed E-state index contributed by atoms with van der Waals surface area (Å²) in [5.74, 6) is -2.64. The summed E-state index contributed by atoms with van der Waals surface area (Å²) in [5, 5.41) is 0.569. The lowest BCUT2D eigenvalue weighted by Crippen LogP contribution is -2.33. The second kappa shape index (κ2) is 6.32. The molecule has 2 aliphatic heterocycles. The normalized spacial score (nSPS) is 16.7. The van der Waals surface area contributed by atoms with Gasteiger partial charge in [-0.05, 0) is 18.2 Å². The molecule has 136 valence electrons. The van der Waals surface area contributed by atoms with Crippen molar-refractivity contribution >= 4 is 44.6 Å². The second-order valence-electron chi connectivity index (χ2n) is 5.57. The zero-order valence-electron chi connectivity index (χ0n) is 13.5. The van der Waals surface area contributed by atoms with Crippen LogP contribution in [0.4, 0.5) is 0 Å². The lowest BCUT2D eigenvalue weighted by atomic mass is 10.1. The van der Waals surface area contributed by atoms with Crippen LogP contribution in [0.3, 0.4) is 0 Å². The summed E-state index contributed by atoms with van der Waals surface area (Å²) in [5.41, 5.74) is 0.710. The van der Waals surface area contributed by atoms with Crippen molar-refractivity contribution in [3.8, 4) is 0 Å². The van der Waals surface area contributed by atoms with Crippen LogP contribution in [0.5, 0.6) is 0 Å². The molecule has 0 aliphatic carbocycles. The second-order valence-corrected chi connectivity index (χ2v) is 8.11. The zero-order valence-corrected chi connectivity index (χ0v) is 15.1. The van der Waals surface area contributed by atoms with Gasteiger partial charge in [-0.15, -0.1) is 0 Å². The lowest BCUT2D eigenvalue weighted by molar-refractivity contribution is -0.164. The largest absolute Gasteiger partial charge is 0.343 e. The molecule has 2 amide bonds. The summed E-state index contributed by atoms with van der Waals surface area (Å²) in [6.45, 7) is 0. The number of carbonyl (C=O) groups is 3. The fourth-order valence-corrected chi connectivity index (χ4v) is 5.00. The Morgan fingerprint density at radius 2 is 1.52 bits per heavy atom. The number of sulfonamides is 1. The van der Waals surface area contributed by atoms with Gasteiger partial charge in [0.15, 0.2) is 0 Å². The molecule has 4 rings (SSSR count). The Morgan fingerprint density at radius 1 is 0.963 bits per heavy atom. The third kappa shape index (κ3) is 2.92. The molecule has 2 heterocycles. The van der Waals surface area contributed by atoms with Crippen molar-refractivity contribution < 1.29 is 27.6 Å². The average molecular weight is 402 g/mol. The number of nitrogens with zero attached hydrogens (tertiary/aromatic N) is 2. The van der Waals surface area contributed by atoms with Crippen LogP contribution < -0.4 is 0 Å². The van der Waals surface area contributed by atoms with Gasteiger partial charge in [0, 0.05) is 5.56 Å². The number of hydrogen-bond acceptors (Lipinski definition) is 7. The monoisotopic (exact) mass is 402 g/mol. The van der Waals surface area contributed by atoms with Gasteiger partial charge in [-0.3, -0.25) is 9.59 Å². The van der Waals surface area contributed by atoms with Gasteiger partial charge in [-0.2, -0.15) is 12.8 Å². The first-order chi connectivity index (χ1) is 12.9. The summed E-state index contributed by atoms with van der Waals surface area (Å²) in [7, 11) is -3.78. The maximum absolute atomic E-state index is 12.2. The highest BCUT2D eigenvalue weighted by molar-refractivity contribution is 8.15. The van der Waals surface area contributed by atoms with E-state index >= 15 is 0 Å². The van der Waals surface area contributed by atoms with Crippen LogP contribution in [0, 0.1) is 0 Å². The molecule has 10 heteroatoms. The Hall–Kier alpha value is -2.98. The molecule has 0 saturated carbocycles. The van der Waals surface area contributed by atoms with Crippen molar-refractivity contribution in [2.24, 2.45) is 4.40 Å². The minimum Gasteiger partial charge on any atom is -0.329 e. The van der Waals surface area contributed by atoms with Crippen molar-refractivity contribution in [3.05, 3.63) is 65.2 Å². The van der Waals surface area contributed by atoms with E-state index in [1.165, 1.54) is 18.2 Å². The van der Waals surface area contributed by atoms with E-state index < -0.39 is 27.8 Å². The van der Waals surface area contributed by atoms with Gasteiger partial charge < -0.3 is 4.84 Å². The standard InChI is InChI=1S/C17H10N2O6S2/c20-14(25-19-16(21)10-5-1-2-6-11(10)17(19)22)9-26-15-12-7-3-4-8-13(12)27(23,24)18-15/h1-8H,9H2. The molecule has 0 N–H and O–H groups in total. The van der Waals surface area contributed by atoms with Crippen LogP contribution in [0.15, 0.2) is 57.8 Å². The van der Waals surface area contributed by atoms with Gasteiger partial charge in [0.1, 0.15) is 10.8 Å². The smallest absolute Gasteiger partial charge is 0.329 e. The van der Waals surface area contributed by atoms with Gasteiger partial charge >= 0.3 is 5.97 Å². The van der Waals surface area contributed by atoms with Gasteiger partial charge in [-0.1, -0.05) is 47.2 Å². The highest BCUT2D eigenvalue weighted by Gasteiger charge is 2.38. The Kier molecular flexibility index (Phi) is 4.08. The maximum Gasteiger partial charge on any atom is 0.343 e. The summed E-state index contributed by atoms with van der Waals surface area (Å²) in [4.78, 5) is 41.4. The third-order valence-electron chi connectivity index (χ3n) is 3.88. The predicted octanol–water partition coefficient (Wildman–Crippen LogP) is 1.62. The summed E-state index contributed by atoms with van der Waals surface area (Å²) in [6.07, 6.45) is 0. The number of hydroxylamine groups is 2. The summed E-state index contributed by atoms with van der Waals surface area (Å²) < 4.78 is 27.6. The molecule has 0 saturated heterocycles. The molecule has 0 unspecified atom stereocenters. The number of thioether (sulfide) groups is 1. The zero-order chi connectivity index (χ0) is 19.2. The molecule has 27 heavy (non-hydrogen) atoms. The number of carbonyl (C=O) groups excluding carboxylic acids is 3. The average Bonchev–Trinajstić information content (AvgIpc) is 3.06. The van der Waals surface area contributed by atoms with Gasteiger partial charge in [0.2, 0.25) is 0 Å². The number of benzene rings is 2. The van der Waals surface area contributed by atoms with E-state index in [0.717, 1.165) is 11.8 Å². The number of rotatable bonds is 3. The fourth-order valence-electron chi connectivity index (χ4n) is 2.69. The van der Waals surface area contributed by atoms with Crippen LogP contribution in [-0.2, 0) is 19.7 Å². The minimum atomic E-state index is -3.78. The Bertz CT molecular complexity index is 1100. The van der Waals surface area contributed by atoms with E-state index in [9.17, 15) is 22.8 Å². The Balaban J connectivity index is 1.45. The van der Waals surface area contributed by atoms with E-state index in [-0.39, 0.29) is 26.8 Å². The molecular weight excluding hydrogens is 392 g/mol. The molecule has 0 aromatic heterocycles. The fraction of sp³-hybridized carbons (Fsp3) is 0.0588. The molecule has 0 atom stereocenters. The molecule has 2 aromatic rings. The van der Waals surface area contributed by atoms with Crippen LogP contribution in [-0.4, -0.2) is 42.1 Å². The highest BCUT2D eigenvalue weighted by Crippen LogP contribution is 2.31. The molecule has 0 bridgehead atoms. The molecule has 2 aromatic carbocycles. The van der Waals surface area contributed by atoms with Crippen LogP contribution in [0.1, 0.15) is 26.3 Å². The van der Waals surface area contributed by atoms with E-state index in [4.69, 9.17) is 4.84 Å². The Labute approximate surface area is 157 Å². The molecule has 0 spiro atoms. The molecule has 0 fully saturated rings. The molecule has 0 radical (unpaired) electrons. The van der Waals surface area contributed by atoms with Crippen molar-refractivity contribution in [2.45, 2.75) is 4.90 Å². The number of fused-ring (bicyclic) bond motifs is 2. The highest BCUT2D eigenvalue weighted by atomic mass is 32.2. The number of hydrogen-bond donors (Lipinski definition) is 0. The van der Waals surface area contributed by atoms with E-state index in [0.29, 0.717) is 10.6 Å².